The number of rotatable bonds is 0. The molecule has 0 aliphatic heterocycles. The van der Waals surface area contributed by atoms with E-state index in [-0.39, 0.29) is 45.6 Å². The Kier molecular flexibility index (Phi) is 102. The van der Waals surface area contributed by atoms with Crippen LogP contribution in [0.1, 0.15) is 0 Å². The number of hydrogen-bond donors (Lipinski definition) is 0. The Morgan fingerprint density at radius 2 is 1.25 bits per heavy atom. The van der Waals surface area contributed by atoms with E-state index in [0.717, 1.165) is 0 Å². The third-order valence-electron chi connectivity index (χ3n) is 0. The van der Waals surface area contributed by atoms with Crippen molar-refractivity contribution in [2.24, 2.45) is 0 Å². The molecular weight excluding hydrogens is 232 g/mol. The molecule has 1 nitrogen and oxygen atoms in total. The molecule has 0 fully saturated rings. The fourth-order valence-corrected chi connectivity index (χ4v) is 0. The fraction of sp³-hybridized carbons (Fsp3) is 0. The van der Waals surface area contributed by atoms with Crippen molar-refractivity contribution in [3.63, 3.8) is 0 Å². The first kappa shape index (κ1) is 17.5. The van der Waals surface area contributed by atoms with Crippen LogP contribution in [-0.2, 0) is 4.57 Å². The van der Waals surface area contributed by atoms with Crippen molar-refractivity contribution in [1.82, 2.24) is 0 Å². The van der Waals surface area contributed by atoms with E-state index in [1.54, 1.807) is 0 Å². The minimum absolute atomic E-state index is 0. The second-order valence-corrected chi connectivity index (χ2v) is 0. The van der Waals surface area contributed by atoms with Crippen molar-refractivity contribution >= 4 is 54.8 Å². The molecule has 0 spiro atoms. The Morgan fingerprint density at radius 3 is 1.25 bits per heavy atom. The van der Waals surface area contributed by atoms with Gasteiger partial charge in [-0.1, -0.05) is 0 Å². The van der Waals surface area contributed by atoms with Crippen LogP contribution in [0.2, 0.25) is 0 Å². The molecule has 4 heteroatoms. The third-order valence-corrected chi connectivity index (χ3v) is 0. The van der Waals surface area contributed by atoms with Gasteiger partial charge < -0.3 is 0 Å². The SMILES string of the molecule is O=[P].[GaH3].[InH3]. The van der Waals surface area contributed by atoms with E-state index in [4.69, 9.17) is 4.57 Å². The van der Waals surface area contributed by atoms with Gasteiger partial charge in [-0.05, 0) is 0 Å². The van der Waals surface area contributed by atoms with Crippen molar-refractivity contribution in [3.8, 4) is 0 Å². The van der Waals surface area contributed by atoms with Gasteiger partial charge in [-0.2, -0.15) is 0 Å². The summed E-state index contributed by atoms with van der Waals surface area (Å²) in [4.78, 5) is 0. The van der Waals surface area contributed by atoms with Crippen LogP contribution >= 0.6 is 9.12 Å². The van der Waals surface area contributed by atoms with Gasteiger partial charge in [0.1, 0.15) is 0 Å². The zero-order valence-electron chi connectivity index (χ0n) is 0.855. The normalized spacial score (nSPS) is 1.00. The topological polar surface area (TPSA) is 17.1 Å². The van der Waals surface area contributed by atoms with Crippen LogP contribution in [0.4, 0.5) is 0 Å². The molecule has 23 valence electrons. The van der Waals surface area contributed by atoms with Crippen LogP contribution in [0.5, 0.6) is 0 Å². The predicted molar refractivity (Wildman–Crippen MR) is 27.5 cm³/mol. The summed E-state index contributed by atoms with van der Waals surface area (Å²) in [7, 11) is 2.28. The van der Waals surface area contributed by atoms with E-state index in [0.29, 0.717) is 0 Å². The van der Waals surface area contributed by atoms with Gasteiger partial charge in [0.25, 0.3) is 9.12 Å². The van der Waals surface area contributed by atoms with Crippen LogP contribution in [-0.4, -0.2) is 45.6 Å². The molecule has 0 unspecified atom stereocenters. The Hall–Kier alpha value is 1.61. The Bertz CT molecular complexity index is 8.00. The minimum atomic E-state index is 0. The van der Waals surface area contributed by atoms with Crippen molar-refractivity contribution in [2.45, 2.75) is 0 Å². The van der Waals surface area contributed by atoms with Crippen LogP contribution in [0.15, 0.2) is 0 Å². The quantitative estimate of drug-likeness (QED) is 0.365. The van der Waals surface area contributed by atoms with Gasteiger partial charge in [-0.3, -0.25) is 4.57 Å². The van der Waals surface area contributed by atoms with Crippen molar-refractivity contribution in [1.29, 1.82) is 0 Å². The van der Waals surface area contributed by atoms with E-state index in [2.05, 4.69) is 9.12 Å². The Morgan fingerprint density at radius 1 is 1.25 bits per heavy atom. The molecule has 4 heavy (non-hydrogen) atoms. The van der Waals surface area contributed by atoms with Gasteiger partial charge in [0.05, 0.1) is 0 Å². The average Bonchev–Trinajstić information content (AvgIpc) is 1.00. The zero-order valence-corrected chi connectivity index (χ0v) is 1.75. The monoisotopic (exact) mass is 237 g/mol. The summed E-state index contributed by atoms with van der Waals surface area (Å²) in [5, 5.41) is 0. The number of hydrogen-bond acceptors (Lipinski definition) is 1. The summed E-state index contributed by atoms with van der Waals surface area (Å²) in [5.74, 6) is 0. The second-order valence-electron chi connectivity index (χ2n) is 0. The van der Waals surface area contributed by atoms with E-state index in [9.17, 15) is 0 Å². The maximum absolute atomic E-state index is 7.94. The van der Waals surface area contributed by atoms with Crippen LogP contribution in [0.25, 0.3) is 0 Å². The summed E-state index contributed by atoms with van der Waals surface area (Å²) in [6.07, 6.45) is 0. The summed E-state index contributed by atoms with van der Waals surface area (Å²) >= 11 is 0. The van der Waals surface area contributed by atoms with E-state index in [1.807, 2.05) is 0 Å². The van der Waals surface area contributed by atoms with Gasteiger partial charge in [-0.25, -0.2) is 0 Å². The summed E-state index contributed by atoms with van der Waals surface area (Å²) in [6.45, 7) is 0. The molecule has 0 saturated heterocycles. The third kappa shape index (κ3) is 9.49. The molecule has 0 rings (SSSR count). The molecule has 0 aliphatic rings. The molecule has 0 aliphatic carbocycles. The first-order valence-corrected chi connectivity index (χ1v) is 0.548. The van der Waals surface area contributed by atoms with Gasteiger partial charge >= 0.3 is 45.6 Å². The first-order valence-electron chi connectivity index (χ1n) is 0.183. The summed E-state index contributed by atoms with van der Waals surface area (Å²) < 4.78 is 7.94. The molecular formula is H6GaInOP. The molecule has 1 radical (unpaired) electrons. The molecule has 0 amide bonds. The van der Waals surface area contributed by atoms with Crippen LogP contribution in [0.3, 0.4) is 0 Å². The van der Waals surface area contributed by atoms with Crippen LogP contribution < -0.4 is 0 Å². The van der Waals surface area contributed by atoms with Gasteiger partial charge in [-0.15, -0.1) is 0 Å². The summed E-state index contributed by atoms with van der Waals surface area (Å²) in [6, 6.07) is 0. The van der Waals surface area contributed by atoms with Crippen LogP contribution in [0, 0.1) is 0 Å². The zero-order chi connectivity index (χ0) is 2.00. The van der Waals surface area contributed by atoms with Crippen molar-refractivity contribution < 1.29 is 4.57 Å². The molecule has 0 aromatic heterocycles. The van der Waals surface area contributed by atoms with E-state index >= 15 is 0 Å². The maximum atomic E-state index is 7.94. The summed E-state index contributed by atoms with van der Waals surface area (Å²) in [5.41, 5.74) is 0. The van der Waals surface area contributed by atoms with Crippen molar-refractivity contribution in [3.05, 3.63) is 0 Å². The van der Waals surface area contributed by atoms with Crippen molar-refractivity contribution in [2.75, 3.05) is 0 Å². The van der Waals surface area contributed by atoms with E-state index in [1.165, 1.54) is 0 Å². The Balaban J connectivity index is -0.00000000500. The average molecular weight is 238 g/mol. The molecule has 0 heterocycles. The van der Waals surface area contributed by atoms with Gasteiger partial charge in [0.2, 0.25) is 0 Å². The Labute approximate surface area is 59.0 Å². The van der Waals surface area contributed by atoms with Gasteiger partial charge in [0, 0.05) is 0 Å². The predicted octanol–water partition coefficient (Wildman–Crippen LogP) is -1.63. The molecule has 0 aromatic rings. The second kappa shape index (κ2) is 23.2. The standard InChI is InChI=1S/Ga.In.OP.6H/c;;1-2;;;;;;. The van der Waals surface area contributed by atoms with Gasteiger partial charge in [0.15, 0.2) is 0 Å². The fourth-order valence-electron chi connectivity index (χ4n) is 0. The molecule has 0 saturated carbocycles. The molecule has 0 N–H and O–H groups in total. The first-order chi connectivity index (χ1) is 1.00. The molecule has 0 bridgehead atoms. The molecule has 0 atom stereocenters. The molecule has 0 aromatic carbocycles. The van der Waals surface area contributed by atoms with E-state index < -0.39 is 0 Å².